The monoisotopic (exact) mass is 560 g/mol. The van der Waals surface area contributed by atoms with E-state index in [0.717, 1.165) is 56.9 Å². The van der Waals surface area contributed by atoms with Crippen LogP contribution in [0, 0.1) is 23.2 Å². The topological polar surface area (TPSA) is 171 Å². The Morgan fingerprint density at radius 2 is 1.49 bits per heavy atom. The average molecular weight is 561 g/mol. The number of likely N-dealkylation sites (tertiary alicyclic amines) is 1. The molecule has 3 fully saturated rings. The van der Waals surface area contributed by atoms with E-state index in [1.165, 1.54) is 12.8 Å². The maximum Gasteiger partial charge on any atom is 0.275 e. The van der Waals surface area contributed by atoms with E-state index in [1.54, 1.807) is 29.2 Å². The fourth-order valence-corrected chi connectivity index (χ4v) is 7.64. The molecule has 0 radical (unpaired) electrons. The Hall–Kier alpha value is -2.50. The van der Waals surface area contributed by atoms with Crippen molar-refractivity contribution in [3.05, 3.63) is 35.4 Å². The Labute approximate surface area is 232 Å². The Kier molecular flexibility index (Phi) is 10.0. The molecule has 2 saturated carbocycles. The molecule has 3 aliphatic rings. The van der Waals surface area contributed by atoms with Gasteiger partial charge in [0.2, 0.25) is 11.8 Å². The van der Waals surface area contributed by atoms with E-state index < -0.39 is 22.3 Å². The molecule has 7 N–H and O–H groups in total. The summed E-state index contributed by atoms with van der Waals surface area (Å²) in [6.07, 6.45) is 11.9. The molecule has 1 heterocycles. The van der Waals surface area contributed by atoms with Crippen molar-refractivity contribution < 1.29 is 18.0 Å². The largest absolute Gasteiger partial charge is 0.384 e. The minimum absolute atomic E-state index is 0.0203. The van der Waals surface area contributed by atoms with Gasteiger partial charge in [0.05, 0.1) is 0 Å². The molecule has 216 valence electrons. The van der Waals surface area contributed by atoms with E-state index in [9.17, 15) is 18.0 Å². The van der Waals surface area contributed by atoms with Crippen molar-refractivity contribution in [2.45, 2.75) is 95.7 Å². The SMILES string of the molecule is N=C(N)c1ccc(CNC(=O)[C@@H]2CCCN2C(=O)[C@H](NS(N)(=O)=O)C(C2CCCCC2)C2CCCCC2)cc1. The van der Waals surface area contributed by atoms with Gasteiger partial charge in [-0.25, -0.2) is 5.14 Å². The molecular weight excluding hydrogens is 516 g/mol. The lowest BCUT2D eigenvalue weighted by Gasteiger charge is -2.43. The van der Waals surface area contributed by atoms with E-state index in [-0.39, 0.29) is 41.9 Å². The van der Waals surface area contributed by atoms with E-state index >= 15 is 0 Å². The molecule has 4 rings (SSSR count). The lowest BCUT2D eigenvalue weighted by atomic mass is 9.66. The second-order valence-corrected chi connectivity index (χ2v) is 12.9. The summed E-state index contributed by atoms with van der Waals surface area (Å²) in [4.78, 5) is 29.0. The summed E-state index contributed by atoms with van der Waals surface area (Å²) in [5.74, 6) is -0.198. The first-order valence-electron chi connectivity index (χ1n) is 14.5. The highest BCUT2D eigenvalue weighted by atomic mass is 32.2. The van der Waals surface area contributed by atoms with Crippen LogP contribution in [0.4, 0.5) is 0 Å². The van der Waals surface area contributed by atoms with Gasteiger partial charge in [0.15, 0.2) is 0 Å². The summed E-state index contributed by atoms with van der Waals surface area (Å²) in [6.45, 7) is 0.691. The molecule has 39 heavy (non-hydrogen) atoms. The number of rotatable bonds is 10. The summed E-state index contributed by atoms with van der Waals surface area (Å²) in [7, 11) is -4.14. The molecule has 0 bridgehead atoms. The molecule has 2 amide bonds. The molecule has 0 spiro atoms. The molecule has 2 atom stereocenters. The van der Waals surface area contributed by atoms with Gasteiger partial charge in [0, 0.05) is 18.7 Å². The minimum atomic E-state index is -4.14. The molecule has 1 aliphatic heterocycles. The van der Waals surface area contributed by atoms with Crippen molar-refractivity contribution in [3.8, 4) is 0 Å². The molecule has 11 heteroatoms. The van der Waals surface area contributed by atoms with Crippen molar-refractivity contribution in [1.82, 2.24) is 14.9 Å². The van der Waals surface area contributed by atoms with E-state index in [0.29, 0.717) is 24.9 Å². The molecule has 0 unspecified atom stereocenters. The Morgan fingerprint density at radius 1 is 0.923 bits per heavy atom. The van der Waals surface area contributed by atoms with E-state index in [4.69, 9.17) is 16.3 Å². The first kappa shape index (κ1) is 29.5. The van der Waals surface area contributed by atoms with Gasteiger partial charge in [-0.3, -0.25) is 15.0 Å². The maximum atomic E-state index is 14.2. The zero-order valence-corrected chi connectivity index (χ0v) is 23.6. The Bertz CT molecular complexity index is 1100. The third-order valence-electron chi connectivity index (χ3n) is 8.90. The van der Waals surface area contributed by atoms with Gasteiger partial charge in [0.1, 0.15) is 17.9 Å². The smallest absolute Gasteiger partial charge is 0.275 e. The summed E-state index contributed by atoms with van der Waals surface area (Å²) < 4.78 is 27.3. The number of nitrogens with zero attached hydrogens (tertiary/aromatic N) is 1. The number of amides is 2. The number of carbonyl (C=O) groups is 2. The van der Waals surface area contributed by atoms with Gasteiger partial charge in [-0.1, -0.05) is 88.5 Å². The van der Waals surface area contributed by atoms with Gasteiger partial charge >= 0.3 is 0 Å². The lowest BCUT2D eigenvalue weighted by molar-refractivity contribution is -0.142. The average Bonchev–Trinajstić information content (AvgIpc) is 3.42. The fraction of sp³-hybridized carbons (Fsp3) is 0.679. The van der Waals surface area contributed by atoms with Crippen molar-refractivity contribution in [2.75, 3.05) is 6.54 Å². The zero-order chi connectivity index (χ0) is 28.0. The van der Waals surface area contributed by atoms with Crippen LogP contribution in [0.25, 0.3) is 0 Å². The standard InChI is InChI=1S/C28H44N6O4S/c29-26(30)22-15-13-19(14-16-22)18-32-27(35)23-12-7-17-34(23)28(36)25(33-39(31,37)38)24(20-8-3-1-4-9-20)21-10-5-2-6-11-21/h13-16,20-21,23-25,33H,1-12,17-18H2,(H3,29,30)(H,32,35)(H2,31,37,38)/t23-,25+/m0/s1. The van der Waals surface area contributed by atoms with Crippen LogP contribution in [0.5, 0.6) is 0 Å². The highest BCUT2D eigenvalue weighted by Gasteiger charge is 2.45. The highest BCUT2D eigenvalue weighted by Crippen LogP contribution is 2.42. The third kappa shape index (κ3) is 7.79. The molecule has 1 saturated heterocycles. The summed E-state index contributed by atoms with van der Waals surface area (Å²) in [6, 6.07) is 5.46. The summed E-state index contributed by atoms with van der Waals surface area (Å²) >= 11 is 0. The molecule has 1 aromatic rings. The van der Waals surface area contributed by atoms with Crippen molar-refractivity contribution >= 4 is 27.9 Å². The number of hydrogen-bond donors (Lipinski definition) is 5. The predicted octanol–water partition coefficient (Wildman–Crippen LogP) is 2.52. The van der Waals surface area contributed by atoms with E-state index in [2.05, 4.69) is 10.0 Å². The normalized spacial score (nSPS) is 22.1. The van der Waals surface area contributed by atoms with Gasteiger partial charge in [-0.05, 0) is 36.2 Å². The fourth-order valence-electron chi connectivity index (χ4n) is 7.03. The van der Waals surface area contributed by atoms with Crippen molar-refractivity contribution in [2.24, 2.45) is 28.6 Å². The summed E-state index contributed by atoms with van der Waals surface area (Å²) in [5.41, 5.74) is 6.98. The van der Waals surface area contributed by atoms with Gasteiger partial charge in [0.25, 0.3) is 10.2 Å². The maximum absolute atomic E-state index is 14.2. The third-order valence-corrected chi connectivity index (χ3v) is 9.48. The van der Waals surface area contributed by atoms with Crippen LogP contribution in [0.3, 0.4) is 0 Å². The number of nitrogens with two attached hydrogens (primary N) is 2. The quantitative estimate of drug-likeness (QED) is 0.218. The number of amidine groups is 1. The van der Waals surface area contributed by atoms with Crippen LogP contribution in [0.1, 0.15) is 88.2 Å². The number of nitrogens with one attached hydrogen (secondary N) is 3. The number of nitrogen functional groups attached to an aromatic ring is 1. The van der Waals surface area contributed by atoms with Crippen molar-refractivity contribution in [3.63, 3.8) is 0 Å². The van der Waals surface area contributed by atoms with Crippen LogP contribution in [0.15, 0.2) is 24.3 Å². The minimum Gasteiger partial charge on any atom is -0.384 e. The van der Waals surface area contributed by atoms with Crippen LogP contribution < -0.4 is 20.9 Å². The van der Waals surface area contributed by atoms with Crippen molar-refractivity contribution in [1.29, 1.82) is 5.41 Å². The van der Waals surface area contributed by atoms with Gasteiger partial charge < -0.3 is 16.0 Å². The highest BCUT2D eigenvalue weighted by molar-refractivity contribution is 7.87. The van der Waals surface area contributed by atoms with Crippen LogP contribution in [0.2, 0.25) is 0 Å². The lowest BCUT2D eigenvalue weighted by Crippen LogP contribution is -2.59. The van der Waals surface area contributed by atoms with E-state index in [1.807, 2.05) is 0 Å². The molecule has 10 nitrogen and oxygen atoms in total. The van der Waals surface area contributed by atoms with Gasteiger partial charge in [-0.2, -0.15) is 13.1 Å². The Balaban J connectivity index is 1.52. The summed E-state index contributed by atoms with van der Waals surface area (Å²) in [5, 5.41) is 16.0. The molecule has 2 aliphatic carbocycles. The second-order valence-electron chi connectivity index (χ2n) is 11.5. The predicted molar refractivity (Wildman–Crippen MR) is 151 cm³/mol. The second kappa shape index (κ2) is 13.2. The molecule has 0 aromatic heterocycles. The van der Waals surface area contributed by atoms with Crippen LogP contribution >= 0.6 is 0 Å². The van der Waals surface area contributed by atoms with Crippen LogP contribution in [-0.4, -0.2) is 49.6 Å². The first-order valence-corrected chi connectivity index (χ1v) is 16.0. The zero-order valence-electron chi connectivity index (χ0n) is 22.7. The molecule has 1 aromatic carbocycles. The number of hydrogen-bond acceptors (Lipinski definition) is 5. The van der Waals surface area contributed by atoms with Gasteiger partial charge in [-0.15, -0.1) is 0 Å². The number of benzene rings is 1. The Morgan fingerprint density at radius 3 is 2.00 bits per heavy atom. The first-order chi connectivity index (χ1) is 18.6. The van der Waals surface area contributed by atoms with Crippen LogP contribution in [-0.2, 0) is 26.3 Å². The molecular formula is C28H44N6O4S. The number of carbonyl (C=O) groups excluding carboxylic acids is 2.